The van der Waals surface area contributed by atoms with Gasteiger partial charge in [0.1, 0.15) is 5.82 Å². The molecule has 8 heteroatoms. The molecule has 0 fully saturated rings. The number of rotatable bonds is 7. The Morgan fingerprint density at radius 1 is 1.00 bits per heavy atom. The highest BCUT2D eigenvalue weighted by molar-refractivity contribution is 7.89. The van der Waals surface area contributed by atoms with Crippen molar-refractivity contribution in [3.05, 3.63) is 83.9 Å². The minimum absolute atomic E-state index is 0.0423. The van der Waals surface area contributed by atoms with Crippen molar-refractivity contribution in [1.29, 1.82) is 0 Å². The Bertz CT molecular complexity index is 1090. The predicted molar refractivity (Wildman–Crippen MR) is 105 cm³/mol. The summed E-state index contributed by atoms with van der Waals surface area (Å²) in [5.74, 6) is 0.737. The maximum absolute atomic E-state index is 13.3. The van der Waals surface area contributed by atoms with E-state index in [2.05, 4.69) is 4.98 Å². The van der Waals surface area contributed by atoms with Crippen molar-refractivity contribution >= 4 is 10.0 Å². The van der Waals surface area contributed by atoms with E-state index in [4.69, 9.17) is 9.47 Å². The van der Waals surface area contributed by atoms with Crippen molar-refractivity contribution in [2.45, 2.75) is 17.9 Å². The van der Waals surface area contributed by atoms with Crippen LogP contribution in [0.25, 0.3) is 0 Å². The van der Waals surface area contributed by atoms with E-state index in [-0.39, 0.29) is 24.8 Å². The van der Waals surface area contributed by atoms with Crippen LogP contribution in [0.2, 0.25) is 0 Å². The molecule has 0 saturated carbocycles. The molecule has 0 saturated heterocycles. The lowest BCUT2D eigenvalue weighted by molar-refractivity contribution is 0.174. The molecule has 1 aliphatic heterocycles. The Balaban J connectivity index is 1.62. The predicted octanol–water partition coefficient (Wildman–Crippen LogP) is 3.38. The van der Waals surface area contributed by atoms with Crippen LogP contribution in [-0.4, -0.2) is 31.0 Å². The number of sulfonamides is 1. The molecule has 4 rings (SSSR count). The Hall–Kier alpha value is -2.97. The number of hydrogen-bond acceptors (Lipinski definition) is 5. The number of ether oxygens (including phenoxy) is 2. The second-order valence-corrected chi connectivity index (χ2v) is 8.49. The van der Waals surface area contributed by atoms with Gasteiger partial charge in [0.05, 0.1) is 4.90 Å². The molecule has 0 bridgehead atoms. The summed E-state index contributed by atoms with van der Waals surface area (Å²) < 4.78 is 51.8. The normalized spacial score (nSPS) is 13.0. The van der Waals surface area contributed by atoms with Gasteiger partial charge < -0.3 is 9.47 Å². The fraction of sp³-hybridized carbons (Fsp3) is 0.190. The topological polar surface area (TPSA) is 68.7 Å². The van der Waals surface area contributed by atoms with E-state index >= 15 is 0 Å². The maximum atomic E-state index is 13.3. The molecule has 3 aromatic rings. The first kappa shape index (κ1) is 19.4. The van der Waals surface area contributed by atoms with Crippen molar-refractivity contribution in [3.8, 4) is 11.5 Å². The summed E-state index contributed by atoms with van der Waals surface area (Å²) in [5, 5.41) is 0. The molecule has 0 unspecified atom stereocenters. The standard InChI is InChI=1S/C21H19FN2O4S/c22-17-5-7-19(8-6-17)29(25,26)24(12-10-18-3-1-2-11-23-18)14-16-4-9-20-21(13-16)28-15-27-20/h1-9,11,13H,10,12,14-15H2. The van der Waals surface area contributed by atoms with E-state index in [1.54, 1.807) is 18.3 Å². The number of halogens is 1. The molecule has 0 aliphatic carbocycles. The van der Waals surface area contributed by atoms with Crippen LogP contribution in [0, 0.1) is 5.82 Å². The van der Waals surface area contributed by atoms with E-state index in [0.29, 0.717) is 17.9 Å². The second kappa shape index (κ2) is 8.18. The quantitative estimate of drug-likeness (QED) is 0.593. The molecule has 2 heterocycles. The van der Waals surface area contributed by atoms with Crippen LogP contribution >= 0.6 is 0 Å². The van der Waals surface area contributed by atoms with Crippen molar-refractivity contribution < 1.29 is 22.3 Å². The number of pyridine rings is 1. The summed E-state index contributed by atoms with van der Waals surface area (Å²) in [6, 6.07) is 15.7. The van der Waals surface area contributed by atoms with Crippen molar-refractivity contribution in [3.63, 3.8) is 0 Å². The van der Waals surface area contributed by atoms with Crippen LogP contribution in [0.15, 0.2) is 71.8 Å². The van der Waals surface area contributed by atoms with Gasteiger partial charge >= 0.3 is 0 Å². The van der Waals surface area contributed by atoms with E-state index < -0.39 is 15.8 Å². The third-order valence-corrected chi connectivity index (χ3v) is 6.45. The number of nitrogens with zero attached hydrogens (tertiary/aromatic N) is 2. The van der Waals surface area contributed by atoms with Crippen LogP contribution in [-0.2, 0) is 23.0 Å². The summed E-state index contributed by atoms with van der Waals surface area (Å²) >= 11 is 0. The smallest absolute Gasteiger partial charge is 0.243 e. The Morgan fingerprint density at radius 2 is 1.79 bits per heavy atom. The van der Waals surface area contributed by atoms with Gasteiger partial charge in [0.25, 0.3) is 0 Å². The molecule has 0 radical (unpaired) electrons. The fourth-order valence-electron chi connectivity index (χ4n) is 3.07. The third kappa shape index (κ3) is 4.38. The summed E-state index contributed by atoms with van der Waals surface area (Å²) in [5.41, 5.74) is 1.55. The monoisotopic (exact) mass is 414 g/mol. The first-order valence-corrected chi connectivity index (χ1v) is 10.5. The van der Waals surface area contributed by atoms with Crippen molar-refractivity contribution in [2.24, 2.45) is 0 Å². The van der Waals surface area contributed by atoms with Gasteiger partial charge in [-0.15, -0.1) is 0 Å². The van der Waals surface area contributed by atoms with Gasteiger partial charge in [0.2, 0.25) is 16.8 Å². The minimum atomic E-state index is -3.83. The third-order valence-electron chi connectivity index (χ3n) is 4.59. The van der Waals surface area contributed by atoms with E-state index in [9.17, 15) is 12.8 Å². The molecular formula is C21H19FN2O4S. The van der Waals surface area contributed by atoms with Gasteiger partial charge in [-0.25, -0.2) is 12.8 Å². The van der Waals surface area contributed by atoms with Crippen molar-refractivity contribution in [1.82, 2.24) is 9.29 Å². The molecule has 2 aromatic carbocycles. The lowest BCUT2D eigenvalue weighted by atomic mass is 10.2. The second-order valence-electron chi connectivity index (χ2n) is 6.55. The van der Waals surface area contributed by atoms with Crippen LogP contribution in [0.4, 0.5) is 4.39 Å². The average Bonchev–Trinajstić information content (AvgIpc) is 3.20. The molecule has 1 aliphatic rings. The molecule has 0 N–H and O–H groups in total. The van der Waals surface area contributed by atoms with Gasteiger partial charge in [-0.3, -0.25) is 4.98 Å². The van der Waals surface area contributed by atoms with Gasteiger partial charge in [-0.05, 0) is 54.1 Å². The molecule has 0 atom stereocenters. The van der Waals surface area contributed by atoms with Gasteiger partial charge in [0, 0.05) is 31.4 Å². The molecule has 0 spiro atoms. The number of aromatic nitrogens is 1. The summed E-state index contributed by atoms with van der Waals surface area (Å²) in [7, 11) is -3.83. The maximum Gasteiger partial charge on any atom is 0.243 e. The number of fused-ring (bicyclic) bond motifs is 1. The van der Waals surface area contributed by atoms with Crippen LogP contribution in [0.5, 0.6) is 11.5 Å². The lowest BCUT2D eigenvalue weighted by Gasteiger charge is -2.22. The first-order valence-electron chi connectivity index (χ1n) is 9.06. The van der Waals surface area contributed by atoms with E-state index in [1.807, 2.05) is 24.3 Å². The molecule has 150 valence electrons. The molecular weight excluding hydrogens is 395 g/mol. The average molecular weight is 414 g/mol. The Labute approximate surface area is 168 Å². The lowest BCUT2D eigenvalue weighted by Crippen LogP contribution is -2.32. The zero-order valence-electron chi connectivity index (χ0n) is 15.5. The fourth-order valence-corrected chi connectivity index (χ4v) is 4.50. The van der Waals surface area contributed by atoms with Crippen molar-refractivity contribution in [2.75, 3.05) is 13.3 Å². The Morgan fingerprint density at radius 3 is 2.55 bits per heavy atom. The highest BCUT2D eigenvalue weighted by atomic mass is 32.2. The van der Waals surface area contributed by atoms with E-state index in [1.165, 1.54) is 16.4 Å². The molecule has 0 amide bonds. The van der Waals surface area contributed by atoms with Crippen LogP contribution in [0.1, 0.15) is 11.3 Å². The zero-order valence-corrected chi connectivity index (χ0v) is 16.3. The largest absolute Gasteiger partial charge is 0.454 e. The molecule has 29 heavy (non-hydrogen) atoms. The number of hydrogen-bond donors (Lipinski definition) is 0. The van der Waals surface area contributed by atoms with Gasteiger partial charge in [-0.1, -0.05) is 12.1 Å². The summed E-state index contributed by atoms with van der Waals surface area (Å²) in [6.45, 7) is 0.518. The van der Waals surface area contributed by atoms with Gasteiger partial charge in [-0.2, -0.15) is 4.31 Å². The molecule has 1 aromatic heterocycles. The highest BCUT2D eigenvalue weighted by Gasteiger charge is 2.25. The summed E-state index contributed by atoms with van der Waals surface area (Å²) in [6.07, 6.45) is 2.12. The van der Waals surface area contributed by atoms with Crippen LogP contribution < -0.4 is 9.47 Å². The number of benzene rings is 2. The van der Waals surface area contributed by atoms with Crippen LogP contribution in [0.3, 0.4) is 0 Å². The van der Waals surface area contributed by atoms with E-state index in [0.717, 1.165) is 23.4 Å². The zero-order chi connectivity index (χ0) is 20.3. The Kier molecular flexibility index (Phi) is 5.46. The highest BCUT2D eigenvalue weighted by Crippen LogP contribution is 2.33. The first-order chi connectivity index (χ1) is 14.0. The van der Waals surface area contributed by atoms with Gasteiger partial charge in [0.15, 0.2) is 11.5 Å². The molecule has 6 nitrogen and oxygen atoms in total. The minimum Gasteiger partial charge on any atom is -0.454 e. The SMILES string of the molecule is O=S(=O)(c1ccc(F)cc1)N(CCc1ccccn1)Cc1ccc2c(c1)OCO2. The summed E-state index contributed by atoms with van der Waals surface area (Å²) in [4.78, 5) is 4.31.